The van der Waals surface area contributed by atoms with E-state index >= 15 is 0 Å². The summed E-state index contributed by atoms with van der Waals surface area (Å²) in [6, 6.07) is 3.49. The number of nitrogens with one attached hydrogen (secondary N) is 2. The summed E-state index contributed by atoms with van der Waals surface area (Å²) >= 11 is 0. The Bertz CT molecular complexity index is 332. The normalized spacial score (nSPS) is 20.0. The van der Waals surface area contributed by atoms with Gasteiger partial charge in [-0.2, -0.15) is 0 Å². The Balaban J connectivity index is -0.0000000148. The van der Waals surface area contributed by atoms with Crippen LogP contribution in [0.1, 0.15) is 143 Å². The van der Waals surface area contributed by atoms with Crippen LogP contribution in [0.4, 0.5) is 0 Å². The molecule has 0 aromatic carbocycles. The molecule has 0 saturated heterocycles. The third kappa shape index (κ3) is 32.5. The monoisotopic (exact) mass is 602 g/mol. The molecule has 0 aliphatic heterocycles. The molecule has 0 aromatic heterocycles. The molecule has 4 fully saturated rings. The maximum atomic E-state index is 3.86. The standard InChI is InChI=1S/2C12H23N.10Na.10H/c2*1-3-7-11(8-4-1)13-12-9-5-2-6-10-12;;;;;;;;;;;;;;;;;;;;/h2*11-13H,1-10H2;;;;;;;;;;;;;;;;;;;;/q;;10*+1;10*-1. The molecule has 172 valence electrons. The fourth-order valence-corrected chi connectivity index (χ4v) is 5.74. The molecule has 0 unspecified atom stereocenters. The smallest absolute Gasteiger partial charge is 1.00 e. The van der Waals surface area contributed by atoms with E-state index in [1.807, 2.05) is 0 Å². The topological polar surface area (TPSA) is 24.1 Å². The summed E-state index contributed by atoms with van der Waals surface area (Å²) in [4.78, 5) is 0. The third-order valence-electron chi connectivity index (χ3n) is 7.36. The van der Waals surface area contributed by atoms with Gasteiger partial charge in [-0.25, -0.2) is 0 Å². The molecule has 4 aliphatic rings. The SMILES string of the molecule is C1CCC(NC2CCCCC2)CC1.C1CCC(NC2CCCCC2)CC1.[H-].[H-].[H-].[H-].[H-].[H-].[H-].[H-].[H-].[H-].[Na+].[Na+].[Na+].[Na+].[Na+].[Na+].[Na+].[Na+].[Na+].[Na+]. The average Bonchev–Trinajstić information content (AvgIpc) is 2.72. The minimum Gasteiger partial charge on any atom is -1.00 e. The van der Waals surface area contributed by atoms with Gasteiger partial charge in [0.1, 0.15) is 0 Å². The van der Waals surface area contributed by atoms with Gasteiger partial charge in [0.25, 0.3) is 0 Å². The molecule has 0 heterocycles. The summed E-state index contributed by atoms with van der Waals surface area (Å²) < 4.78 is 0. The van der Waals surface area contributed by atoms with E-state index in [4.69, 9.17) is 0 Å². The van der Waals surface area contributed by atoms with Gasteiger partial charge in [-0.05, 0) is 51.4 Å². The second kappa shape index (κ2) is 44.9. The zero-order valence-electron chi connectivity index (χ0n) is 37.5. The molecule has 4 rings (SSSR count). The van der Waals surface area contributed by atoms with Crippen LogP contribution in [0.5, 0.6) is 0 Å². The molecule has 36 heavy (non-hydrogen) atoms. The summed E-state index contributed by atoms with van der Waals surface area (Å²) in [5.74, 6) is 0. The molecule has 4 aliphatic carbocycles. The molecule has 12 heteroatoms. The predicted molar refractivity (Wildman–Crippen MR) is 125 cm³/mol. The summed E-state index contributed by atoms with van der Waals surface area (Å²) in [5, 5.41) is 7.72. The van der Waals surface area contributed by atoms with Crippen LogP contribution >= 0.6 is 0 Å². The Morgan fingerprint density at radius 2 is 0.389 bits per heavy atom. The van der Waals surface area contributed by atoms with E-state index in [1.165, 1.54) is 128 Å². The van der Waals surface area contributed by atoms with E-state index in [-0.39, 0.29) is 310 Å². The first-order valence-electron chi connectivity index (χ1n) is 12.4. The van der Waals surface area contributed by atoms with Crippen molar-refractivity contribution >= 4 is 0 Å². The first-order valence-corrected chi connectivity index (χ1v) is 12.4. The molecule has 2 nitrogen and oxygen atoms in total. The minimum atomic E-state index is 0. The van der Waals surface area contributed by atoms with Crippen LogP contribution in [0, 0.1) is 0 Å². The quantitative estimate of drug-likeness (QED) is 0.313. The van der Waals surface area contributed by atoms with Gasteiger partial charge in [0, 0.05) is 24.2 Å². The summed E-state index contributed by atoms with van der Waals surface area (Å²) in [6.45, 7) is 0. The van der Waals surface area contributed by atoms with E-state index in [9.17, 15) is 0 Å². The predicted octanol–water partition coefficient (Wildman–Crippen LogP) is -22.4. The first kappa shape index (κ1) is 64.4. The summed E-state index contributed by atoms with van der Waals surface area (Å²) in [7, 11) is 0. The molecule has 0 atom stereocenters. The van der Waals surface area contributed by atoms with Crippen molar-refractivity contribution in [3.63, 3.8) is 0 Å². The van der Waals surface area contributed by atoms with Crippen molar-refractivity contribution in [3.8, 4) is 0 Å². The number of rotatable bonds is 4. The van der Waals surface area contributed by atoms with E-state index in [0.29, 0.717) is 0 Å². The first-order chi connectivity index (χ1) is 12.9. The van der Waals surface area contributed by atoms with Crippen molar-refractivity contribution in [1.82, 2.24) is 10.6 Å². The Morgan fingerprint density at radius 1 is 0.250 bits per heavy atom. The van der Waals surface area contributed by atoms with Crippen molar-refractivity contribution in [3.05, 3.63) is 0 Å². The average molecular weight is 603 g/mol. The van der Waals surface area contributed by atoms with Crippen LogP contribution in [0.3, 0.4) is 0 Å². The Hall–Kier alpha value is 9.92. The minimum absolute atomic E-state index is 0. The zero-order valence-corrected chi connectivity index (χ0v) is 47.5. The second-order valence-corrected chi connectivity index (χ2v) is 9.67. The molecule has 4 saturated carbocycles. The molecule has 0 spiro atoms. The van der Waals surface area contributed by atoms with E-state index in [1.54, 1.807) is 0 Å². The number of hydrogen-bond acceptors (Lipinski definition) is 2. The van der Waals surface area contributed by atoms with Gasteiger partial charge in [0.05, 0.1) is 0 Å². The summed E-state index contributed by atoms with van der Waals surface area (Å²) in [6.07, 6.45) is 29.1. The van der Waals surface area contributed by atoms with Crippen LogP contribution in [-0.4, -0.2) is 24.2 Å². The molecule has 0 amide bonds. The van der Waals surface area contributed by atoms with Crippen molar-refractivity contribution in [2.45, 2.75) is 153 Å². The van der Waals surface area contributed by atoms with Crippen LogP contribution in [0.15, 0.2) is 0 Å². The third-order valence-corrected chi connectivity index (χ3v) is 7.36. The Kier molecular flexibility index (Phi) is 80.4. The summed E-state index contributed by atoms with van der Waals surface area (Å²) in [5.41, 5.74) is 0. The largest absolute Gasteiger partial charge is 1.00 e. The van der Waals surface area contributed by atoms with Crippen LogP contribution in [0.2, 0.25) is 0 Å². The molecule has 0 bridgehead atoms. The van der Waals surface area contributed by atoms with Gasteiger partial charge in [-0.15, -0.1) is 0 Å². The van der Waals surface area contributed by atoms with E-state index in [0.717, 1.165) is 24.2 Å². The zero-order chi connectivity index (χ0) is 17.9. The second-order valence-electron chi connectivity index (χ2n) is 9.67. The van der Waals surface area contributed by atoms with Crippen LogP contribution < -0.4 is 306 Å². The fraction of sp³-hybridized carbons (Fsp3) is 1.00. The molecule has 0 radical (unpaired) electrons. The van der Waals surface area contributed by atoms with Crippen LogP contribution in [0.25, 0.3) is 0 Å². The van der Waals surface area contributed by atoms with Crippen molar-refractivity contribution in [1.29, 1.82) is 0 Å². The molecule has 0 aromatic rings. The Morgan fingerprint density at radius 3 is 0.528 bits per heavy atom. The maximum Gasteiger partial charge on any atom is 1.00 e. The van der Waals surface area contributed by atoms with Crippen LogP contribution in [-0.2, 0) is 0 Å². The van der Waals surface area contributed by atoms with E-state index < -0.39 is 0 Å². The van der Waals surface area contributed by atoms with Gasteiger partial charge in [0.15, 0.2) is 0 Å². The molecular formula is C24H56N2Na10. The molecular weight excluding hydrogens is 546 g/mol. The van der Waals surface area contributed by atoms with Crippen molar-refractivity contribution in [2.24, 2.45) is 0 Å². The van der Waals surface area contributed by atoms with Gasteiger partial charge in [0.2, 0.25) is 0 Å². The molecule has 2 N–H and O–H groups in total. The fourth-order valence-electron chi connectivity index (χ4n) is 5.74. The maximum absolute atomic E-state index is 3.86. The Labute approximate surface area is 462 Å². The van der Waals surface area contributed by atoms with Gasteiger partial charge < -0.3 is 24.9 Å². The van der Waals surface area contributed by atoms with Crippen molar-refractivity contribution < 1.29 is 310 Å². The number of hydrogen-bond donors (Lipinski definition) is 2. The van der Waals surface area contributed by atoms with E-state index in [2.05, 4.69) is 10.6 Å². The van der Waals surface area contributed by atoms with Gasteiger partial charge in [-0.1, -0.05) is 77.0 Å². The van der Waals surface area contributed by atoms with Crippen molar-refractivity contribution in [2.75, 3.05) is 0 Å². The van der Waals surface area contributed by atoms with Gasteiger partial charge in [-0.3, -0.25) is 0 Å². The van der Waals surface area contributed by atoms with Gasteiger partial charge >= 0.3 is 296 Å².